The molecule has 0 saturated carbocycles. The van der Waals surface area contributed by atoms with Crippen LogP contribution in [0.25, 0.3) is 0 Å². The summed E-state index contributed by atoms with van der Waals surface area (Å²) in [5.74, 6) is 0.769. The van der Waals surface area contributed by atoms with Gasteiger partial charge in [0.05, 0.1) is 17.4 Å². The summed E-state index contributed by atoms with van der Waals surface area (Å²) in [6.07, 6.45) is 6.22. The van der Waals surface area contributed by atoms with Gasteiger partial charge in [-0.3, -0.25) is 4.98 Å². The Morgan fingerprint density at radius 2 is 2.05 bits per heavy atom. The number of thiocarbonyl (C=S) groups is 1. The molecule has 0 bridgehead atoms. The van der Waals surface area contributed by atoms with Crippen molar-refractivity contribution in [1.82, 2.24) is 4.98 Å². The van der Waals surface area contributed by atoms with Crippen LogP contribution in [0.5, 0.6) is 5.75 Å². The van der Waals surface area contributed by atoms with Crippen molar-refractivity contribution in [2.45, 2.75) is 65.9 Å². The van der Waals surface area contributed by atoms with Gasteiger partial charge in [-0.15, -0.1) is 0 Å². The summed E-state index contributed by atoms with van der Waals surface area (Å²) in [5.41, 5.74) is 8.33. The Kier molecular flexibility index (Phi) is 6.93. The highest BCUT2D eigenvalue weighted by molar-refractivity contribution is 7.80. The first-order chi connectivity index (χ1) is 9.45. The second-order valence-corrected chi connectivity index (χ2v) is 5.80. The van der Waals surface area contributed by atoms with Crippen molar-refractivity contribution in [3.05, 3.63) is 23.0 Å². The van der Waals surface area contributed by atoms with Crippen LogP contribution >= 0.6 is 12.2 Å². The smallest absolute Gasteiger partial charge is 0.133 e. The maximum Gasteiger partial charge on any atom is 0.133 e. The Morgan fingerprint density at radius 3 is 2.65 bits per heavy atom. The van der Waals surface area contributed by atoms with Crippen LogP contribution in [-0.2, 0) is 0 Å². The van der Waals surface area contributed by atoms with Gasteiger partial charge in [0, 0.05) is 11.8 Å². The fourth-order valence-electron chi connectivity index (χ4n) is 2.32. The lowest BCUT2D eigenvalue weighted by Gasteiger charge is -2.18. The summed E-state index contributed by atoms with van der Waals surface area (Å²) in [4.78, 5) is 4.75. The predicted molar refractivity (Wildman–Crippen MR) is 88.4 cm³/mol. The van der Waals surface area contributed by atoms with Crippen LogP contribution in [0.15, 0.2) is 6.07 Å². The molecule has 0 aromatic carbocycles. The summed E-state index contributed by atoms with van der Waals surface area (Å²) in [7, 11) is 0. The molecule has 0 aliphatic rings. The van der Waals surface area contributed by atoms with Crippen molar-refractivity contribution in [3.8, 4) is 5.75 Å². The molecule has 1 aromatic heterocycles. The quantitative estimate of drug-likeness (QED) is 0.580. The van der Waals surface area contributed by atoms with Gasteiger partial charge in [0.15, 0.2) is 0 Å². The lowest BCUT2D eigenvalue weighted by molar-refractivity contribution is 0.205. The van der Waals surface area contributed by atoms with Crippen molar-refractivity contribution < 1.29 is 4.74 Å². The highest BCUT2D eigenvalue weighted by atomic mass is 32.1. The number of nitrogens with two attached hydrogens (primary N) is 1. The van der Waals surface area contributed by atoms with Crippen molar-refractivity contribution in [2.75, 3.05) is 0 Å². The van der Waals surface area contributed by atoms with Gasteiger partial charge in [-0.1, -0.05) is 38.4 Å². The molecule has 0 amide bonds. The molecule has 2 N–H and O–H groups in total. The lowest BCUT2D eigenvalue weighted by atomic mass is 10.1. The number of unbranched alkanes of at least 4 members (excludes halogenated alkanes) is 3. The van der Waals surface area contributed by atoms with E-state index < -0.39 is 0 Å². The van der Waals surface area contributed by atoms with E-state index >= 15 is 0 Å². The van der Waals surface area contributed by atoms with Crippen LogP contribution in [0.1, 0.15) is 62.9 Å². The van der Waals surface area contributed by atoms with Crippen LogP contribution in [0, 0.1) is 13.8 Å². The number of pyridine rings is 1. The Labute approximate surface area is 127 Å². The Hall–Kier alpha value is -1.16. The van der Waals surface area contributed by atoms with Gasteiger partial charge in [0.1, 0.15) is 10.7 Å². The molecule has 4 heteroatoms. The van der Waals surface area contributed by atoms with Gasteiger partial charge < -0.3 is 10.5 Å². The van der Waals surface area contributed by atoms with Crippen LogP contribution < -0.4 is 10.5 Å². The Balaban J connectivity index is 2.73. The zero-order valence-electron chi connectivity index (χ0n) is 13.0. The van der Waals surface area contributed by atoms with E-state index in [1.807, 2.05) is 19.9 Å². The third-order valence-electron chi connectivity index (χ3n) is 3.33. The van der Waals surface area contributed by atoms with E-state index in [-0.39, 0.29) is 6.10 Å². The molecular formula is C16H26N2OS. The monoisotopic (exact) mass is 294 g/mol. The third-order valence-corrected chi connectivity index (χ3v) is 3.54. The molecule has 0 saturated heterocycles. The highest BCUT2D eigenvalue weighted by Crippen LogP contribution is 2.24. The SMILES string of the molecule is CCCCCCC(C)Oc1cc(C)nc(C)c1C(N)=S. The minimum atomic E-state index is 0.168. The molecule has 20 heavy (non-hydrogen) atoms. The third kappa shape index (κ3) is 5.08. The maximum absolute atomic E-state index is 6.04. The molecule has 1 unspecified atom stereocenters. The molecule has 0 spiro atoms. The van der Waals surface area contributed by atoms with Gasteiger partial charge in [-0.25, -0.2) is 0 Å². The summed E-state index contributed by atoms with van der Waals surface area (Å²) >= 11 is 5.11. The van der Waals surface area contributed by atoms with E-state index in [9.17, 15) is 0 Å². The number of ether oxygens (including phenoxy) is 1. The van der Waals surface area contributed by atoms with E-state index in [1.54, 1.807) is 0 Å². The largest absolute Gasteiger partial charge is 0.490 e. The standard InChI is InChI=1S/C16H26N2OS/c1-5-6-7-8-9-12(3)19-14-10-11(2)18-13(4)15(14)16(17)20/h10,12H,5-9H2,1-4H3,(H2,17,20). The second kappa shape index (κ2) is 8.20. The second-order valence-electron chi connectivity index (χ2n) is 5.36. The number of hydrogen-bond donors (Lipinski definition) is 1. The zero-order valence-corrected chi connectivity index (χ0v) is 13.8. The molecular weight excluding hydrogens is 268 g/mol. The summed E-state index contributed by atoms with van der Waals surface area (Å²) in [6, 6.07) is 1.92. The molecule has 3 nitrogen and oxygen atoms in total. The molecule has 0 radical (unpaired) electrons. The number of hydrogen-bond acceptors (Lipinski definition) is 3. The summed E-state index contributed by atoms with van der Waals surface area (Å²) in [5, 5.41) is 0. The normalized spacial score (nSPS) is 12.2. The van der Waals surface area contributed by atoms with Crippen LogP contribution in [0.3, 0.4) is 0 Å². The summed E-state index contributed by atoms with van der Waals surface area (Å²) < 4.78 is 6.04. The average molecular weight is 294 g/mol. The number of aryl methyl sites for hydroxylation is 2. The maximum atomic E-state index is 6.04. The Bertz CT molecular complexity index is 460. The van der Waals surface area contributed by atoms with Crippen molar-refractivity contribution in [2.24, 2.45) is 5.73 Å². The van der Waals surface area contributed by atoms with Crippen molar-refractivity contribution >= 4 is 17.2 Å². The minimum Gasteiger partial charge on any atom is -0.490 e. The van der Waals surface area contributed by atoms with E-state index in [0.29, 0.717) is 4.99 Å². The first-order valence-corrected chi connectivity index (χ1v) is 7.81. The van der Waals surface area contributed by atoms with Crippen LogP contribution in [0.4, 0.5) is 0 Å². The number of aromatic nitrogens is 1. The van der Waals surface area contributed by atoms with Crippen LogP contribution in [0.2, 0.25) is 0 Å². The molecule has 1 atom stereocenters. The predicted octanol–water partition coefficient (Wildman–Crippen LogP) is 4.07. The Morgan fingerprint density at radius 1 is 1.35 bits per heavy atom. The number of nitrogens with zero attached hydrogens (tertiary/aromatic N) is 1. The topological polar surface area (TPSA) is 48.1 Å². The van der Waals surface area contributed by atoms with Gasteiger partial charge >= 0.3 is 0 Å². The fraction of sp³-hybridized carbons (Fsp3) is 0.625. The number of rotatable bonds is 8. The molecule has 1 heterocycles. The first-order valence-electron chi connectivity index (χ1n) is 7.40. The van der Waals surface area contributed by atoms with Gasteiger partial charge in [-0.2, -0.15) is 0 Å². The minimum absolute atomic E-state index is 0.168. The molecule has 0 aliphatic carbocycles. The van der Waals surface area contributed by atoms with Gasteiger partial charge in [0.25, 0.3) is 0 Å². The van der Waals surface area contributed by atoms with E-state index in [1.165, 1.54) is 25.7 Å². The van der Waals surface area contributed by atoms with Crippen molar-refractivity contribution in [1.29, 1.82) is 0 Å². The van der Waals surface area contributed by atoms with Crippen molar-refractivity contribution in [3.63, 3.8) is 0 Å². The molecule has 1 aromatic rings. The van der Waals surface area contributed by atoms with E-state index in [4.69, 9.17) is 22.7 Å². The van der Waals surface area contributed by atoms with E-state index in [0.717, 1.165) is 29.1 Å². The molecule has 1 rings (SSSR count). The van der Waals surface area contributed by atoms with Crippen LogP contribution in [-0.4, -0.2) is 16.1 Å². The zero-order chi connectivity index (χ0) is 15.1. The lowest BCUT2D eigenvalue weighted by Crippen LogP contribution is -2.19. The van der Waals surface area contributed by atoms with Gasteiger partial charge in [0.2, 0.25) is 0 Å². The van der Waals surface area contributed by atoms with Gasteiger partial charge in [-0.05, 0) is 33.6 Å². The van der Waals surface area contributed by atoms with E-state index in [2.05, 4.69) is 18.8 Å². The average Bonchev–Trinajstić information content (AvgIpc) is 2.33. The molecule has 0 fully saturated rings. The summed E-state index contributed by atoms with van der Waals surface area (Å²) in [6.45, 7) is 8.19. The highest BCUT2D eigenvalue weighted by Gasteiger charge is 2.14. The fourth-order valence-corrected chi connectivity index (χ4v) is 2.57. The molecule has 112 valence electrons. The molecule has 0 aliphatic heterocycles. The first kappa shape index (κ1) is 16.9.